The molecule has 0 spiro atoms. The van der Waals surface area contributed by atoms with Crippen LogP contribution in [0.1, 0.15) is 5.56 Å². The van der Waals surface area contributed by atoms with Crippen molar-refractivity contribution in [2.45, 2.75) is 0 Å². The number of benzene rings is 1. The van der Waals surface area contributed by atoms with Gasteiger partial charge in [-0.05, 0) is 18.2 Å². The summed E-state index contributed by atoms with van der Waals surface area (Å²) in [7, 11) is 0. The number of thiocarbonyl (C=S) groups is 1. The number of rotatable bonds is 6. The van der Waals surface area contributed by atoms with Crippen molar-refractivity contribution in [3.63, 3.8) is 0 Å². The van der Waals surface area contributed by atoms with Crippen molar-refractivity contribution in [1.82, 2.24) is 0 Å². The number of anilines is 1. The number of nitrogens with two attached hydrogens (primary N) is 3. The van der Waals surface area contributed by atoms with Crippen LogP contribution in [0, 0.1) is 0 Å². The van der Waals surface area contributed by atoms with E-state index in [2.05, 4.69) is 15.9 Å². The molecule has 0 saturated carbocycles. The normalized spacial score (nSPS) is 9.95. The van der Waals surface area contributed by atoms with Crippen molar-refractivity contribution in [3.05, 3.63) is 28.2 Å². The molecule has 0 aliphatic carbocycles. The van der Waals surface area contributed by atoms with E-state index in [1.807, 2.05) is 0 Å². The number of amides is 2. The fourth-order valence-electron chi connectivity index (χ4n) is 1.58. The standard InChI is InChI=1S/C11H13BrN4O2S/c12-6-1-2-8(7(3-6)11(15)19)16(4-9(13)17)5-10(14)18/h1-3H,4-5H2,(H2,13,17)(H2,14,18)(H2,15,19). The Labute approximate surface area is 124 Å². The van der Waals surface area contributed by atoms with E-state index in [0.717, 1.165) is 4.47 Å². The number of nitrogens with zero attached hydrogens (tertiary/aromatic N) is 1. The molecule has 8 heteroatoms. The lowest BCUT2D eigenvalue weighted by atomic mass is 10.1. The van der Waals surface area contributed by atoms with Gasteiger partial charge < -0.3 is 22.1 Å². The summed E-state index contributed by atoms with van der Waals surface area (Å²) in [6.07, 6.45) is 0. The van der Waals surface area contributed by atoms with Gasteiger partial charge in [-0.15, -0.1) is 0 Å². The quantitative estimate of drug-likeness (QED) is 0.621. The van der Waals surface area contributed by atoms with Gasteiger partial charge in [-0.25, -0.2) is 0 Å². The first kappa shape index (κ1) is 15.4. The minimum atomic E-state index is -0.585. The molecule has 6 nitrogen and oxygen atoms in total. The molecule has 2 amide bonds. The smallest absolute Gasteiger partial charge is 0.236 e. The molecule has 0 saturated heterocycles. The number of hydrogen-bond donors (Lipinski definition) is 3. The first-order chi connectivity index (χ1) is 8.81. The molecule has 102 valence electrons. The maximum atomic E-state index is 11.1. The van der Waals surface area contributed by atoms with E-state index < -0.39 is 11.8 Å². The molecule has 19 heavy (non-hydrogen) atoms. The van der Waals surface area contributed by atoms with Crippen LogP contribution in [0.25, 0.3) is 0 Å². The summed E-state index contributed by atoms with van der Waals surface area (Å²) in [6.45, 7) is -0.305. The average molecular weight is 345 g/mol. The molecule has 0 atom stereocenters. The van der Waals surface area contributed by atoms with Gasteiger partial charge in [0.1, 0.15) is 4.99 Å². The molecule has 0 unspecified atom stereocenters. The van der Waals surface area contributed by atoms with Crippen molar-refractivity contribution < 1.29 is 9.59 Å². The third kappa shape index (κ3) is 4.49. The van der Waals surface area contributed by atoms with E-state index >= 15 is 0 Å². The molecule has 0 fully saturated rings. The highest BCUT2D eigenvalue weighted by molar-refractivity contribution is 9.10. The second kappa shape index (κ2) is 6.48. The van der Waals surface area contributed by atoms with Crippen LogP contribution in [-0.2, 0) is 9.59 Å². The molecule has 0 aromatic heterocycles. The molecule has 6 N–H and O–H groups in total. The fraction of sp³-hybridized carbons (Fsp3) is 0.182. The van der Waals surface area contributed by atoms with Crippen molar-refractivity contribution in [2.24, 2.45) is 17.2 Å². The molecular formula is C11H13BrN4O2S. The van der Waals surface area contributed by atoms with Gasteiger partial charge in [0, 0.05) is 15.7 Å². The predicted octanol–water partition coefficient (Wildman–Crippen LogP) is -0.140. The number of halogens is 1. The summed E-state index contributed by atoms with van der Waals surface area (Å²) in [5.41, 5.74) is 17.0. The zero-order valence-corrected chi connectivity index (χ0v) is 12.3. The summed E-state index contributed by atoms with van der Waals surface area (Å²) in [6, 6.07) is 5.13. The van der Waals surface area contributed by atoms with Crippen molar-refractivity contribution in [3.8, 4) is 0 Å². The van der Waals surface area contributed by atoms with Gasteiger partial charge in [0.25, 0.3) is 0 Å². The molecule has 1 aromatic carbocycles. The minimum Gasteiger partial charge on any atom is -0.389 e. The van der Waals surface area contributed by atoms with Crippen molar-refractivity contribution in [1.29, 1.82) is 0 Å². The van der Waals surface area contributed by atoms with E-state index in [1.165, 1.54) is 4.90 Å². The lowest BCUT2D eigenvalue weighted by Crippen LogP contribution is -2.40. The van der Waals surface area contributed by atoms with E-state index in [9.17, 15) is 9.59 Å². The van der Waals surface area contributed by atoms with Crippen LogP contribution in [0.15, 0.2) is 22.7 Å². The summed E-state index contributed by atoms with van der Waals surface area (Å²) in [5.74, 6) is -1.17. The zero-order chi connectivity index (χ0) is 14.6. The zero-order valence-electron chi connectivity index (χ0n) is 9.93. The Morgan fingerprint density at radius 3 is 2.11 bits per heavy atom. The maximum absolute atomic E-state index is 11.1. The van der Waals surface area contributed by atoms with Crippen molar-refractivity contribution >= 4 is 50.6 Å². The average Bonchev–Trinajstić information content (AvgIpc) is 2.26. The predicted molar refractivity (Wildman–Crippen MR) is 80.6 cm³/mol. The van der Waals surface area contributed by atoms with Crippen LogP contribution in [-0.4, -0.2) is 29.9 Å². The number of carbonyl (C=O) groups is 2. The largest absolute Gasteiger partial charge is 0.389 e. The highest BCUT2D eigenvalue weighted by Crippen LogP contribution is 2.24. The minimum absolute atomic E-state index is 0.148. The Morgan fingerprint density at radius 2 is 1.68 bits per heavy atom. The topological polar surface area (TPSA) is 115 Å². The summed E-state index contributed by atoms with van der Waals surface area (Å²) in [4.78, 5) is 23.7. The molecule has 1 aromatic rings. The van der Waals surface area contributed by atoms with Gasteiger partial charge in [-0.2, -0.15) is 0 Å². The second-order valence-corrected chi connectivity index (χ2v) is 5.17. The SMILES string of the molecule is NC(=O)CN(CC(N)=O)c1ccc(Br)cc1C(N)=S. The third-order valence-corrected chi connectivity index (χ3v) is 2.97. The van der Waals surface area contributed by atoms with Crippen LogP contribution in [0.5, 0.6) is 0 Å². The molecule has 0 bridgehead atoms. The highest BCUT2D eigenvalue weighted by atomic mass is 79.9. The Balaban J connectivity index is 3.24. The molecular weight excluding hydrogens is 332 g/mol. The third-order valence-electron chi connectivity index (χ3n) is 2.26. The number of carbonyl (C=O) groups excluding carboxylic acids is 2. The number of primary amides is 2. The van der Waals surface area contributed by atoms with Gasteiger partial charge in [-0.3, -0.25) is 9.59 Å². The molecule has 0 aliphatic rings. The molecule has 0 radical (unpaired) electrons. The monoisotopic (exact) mass is 344 g/mol. The van der Waals surface area contributed by atoms with E-state index in [1.54, 1.807) is 18.2 Å². The van der Waals surface area contributed by atoms with Gasteiger partial charge in [-0.1, -0.05) is 28.1 Å². The fourth-order valence-corrected chi connectivity index (χ4v) is 2.11. The van der Waals surface area contributed by atoms with Gasteiger partial charge in [0.05, 0.1) is 13.1 Å². The first-order valence-electron chi connectivity index (χ1n) is 5.22. The van der Waals surface area contributed by atoms with Crippen LogP contribution in [0.3, 0.4) is 0 Å². The lowest BCUT2D eigenvalue weighted by Gasteiger charge is -2.24. The molecule has 0 heterocycles. The second-order valence-electron chi connectivity index (χ2n) is 3.81. The van der Waals surface area contributed by atoms with E-state index in [-0.39, 0.29) is 18.1 Å². The van der Waals surface area contributed by atoms with Gasteiger partial charge >= 0.3 is 0 Å². The Kier molecular flexibility index (Phi) is 5.25. The van der Waals surface area contributed by atoms with E-state index in [0.29, 0.717) is 11.3 Å². The highest BCUT2D eigenvalue weighted by Gasteiger charge is 2.17. The Bertz CT molecular complexity index is 519. The van der Waals surface area contributed by atoms with Gasteiger partial charge in [0.15, 0.2) is 0 Å². The summed E-state index contributed by atoms with van der Waals surface area (Å²) >= 11 is 8.25. The van der Waals surface area contributed by atoms with Crippen LogP contribution < -0.4 is 22.1 Å². The molecule has 1 rings (SSSR count). The molecule has 0 aliphatic heterocycles. The Hall–Kier alpha value is -1.67. The maximum Gasteiger partial charge on any atom is 0.236 e. The summed E-state index contributed by atoms with van der Waals surface area (Å²) < 4.78 is 0.775. The summed E-state index contributed by atoms with van der Waals surface area (Å²) in [5, 5.41) is 0. The van der Waals surface area contributed by atoms with E-state index in [4.69, 9.17) is 29.4 Å². The van der Waals surface area contributed by atoms with Crippen LogP contribution in [0.4, 0.5) is 5.69 Å². The van der Waals surface area contributed by atoms with Crippen molar-refractivity contribution in [2.75, 3.05) is 18.0 Å². The Morgan fingerprint density at radius 1 is 1.16 bits per heavy atom. The first-order valence-corrected chi connectivity index (χ1v) is 6.42. The van der Waals surface area contributed by atoms with Gasteiger partial charge in [0.2, 0.25) is 11.8 Å². The van der Waals surface area contributed by atoms with Crippen LogP contribution in [0.2, 0.25) is 0 Å². The van der Waals surface area contributed by atoms with Crippen LogP contribution >= 0.6 is 28.1 Å². The lowest BCUT2D eigenvalue weighted by molar-refractivity contribution is -0.117. The number of hydrogen-bond acceptors (Lipinski definition) is 4.